The van der Waals surface area contributed by atoms with Crippen molar-refractivity contribution < 1.29 is 0 Å². The summed E-state index contributed by atoms with van der Waals surface area (Å²) in [5, 5.41) is 5.12. The van der Waals surface area contributed by atoms with Crippen LogP contribution in [0, 0.1) is 0 Å². The SMILES string of the molecule is c1ccc(P(CCc2cccs2)c2ccccc2)cc1. The first-order valence-corrected chi connectivity index (χ1v) is 9.24. The van der Waals surface area contributed by atoms with Gasteiger partial charge in [0.15, 0.2) is 0 Å². The Morgan fingerprint density at radius 2 is 1.30 bits per heavy atom. The molecule has 0 saturated heterocycles. The summed E-state index contributed by atoms with van der Waals surface area (Å²) in [5.74, 6) is 0. The largest absolute Gasteiger partial charge is 0.149 e. The average Bonchev–Trinajstić information content (AvgIpc) is 3.03. The van der Waals surface area contributed by atoms with Gasteiger partial charge in [-0.25, -0.2) is 0 Å². The van der Waals surface area contributed by atoms with Crippen LogP contribution in [0.25, 0.3) is 0 Å². The van der Waals surface area contributed by atoms with Crippen molar-refractivity contribution in [1.29, 1.82) is 0 Å². The summed E-state index contributed by atoms with van der Waals surface area (Å²) in [6, 6.07) is 26.3. The normalized spacial score (nSPS) is 10.8. The van der Waals surface area contributed by atoms with E-state index in [4.69, 9.17) is 0 Å². The van der Waals surface area contributed by atoms with Crippen molar-refractivity contribution in [3.05, 3.63) is 83.1 Å². The lowest BCUT2D eigenvalue weighted by Crippen LogP contribution is -2.14. The lowest BCUT2D eigenvalue weighted by Gasteiger charge is -2.18. The van der Waals surface area contributed by atoms with Crippen LogP contribution in [-0.2, 0) is 6.42 Å². The molecule has 0 aliphatic rings. The quantitative estimate of drug-likeness (QED) is 0.611. The van der Waals surface area contributed by atoms with Crippen LogP contribution >= 0.6 is 19.3 Å². The monoisotopic (exact) mass is 296 g/mol. The summed E-state index contributed by atoms with van der Waals surface area (Å²) < 4.78 is 0. The zero-order chi connectivity index (χ0) is 13.6. The second kappa shape index (κ2) is 6.83. The van der Waals surface area contributed by atoms with Crippen LogP contribution in [-0.4, -0.2) is 6.16 Å². The van der Waals surface area contributed by atoms with Crippen LogP contribution in [0.1, 0.15) is 4.88 Å². The molecule has 0 nitrogen and oxygen atoms in total. The Kier molecular flexibility index (Phi) is 4.63. The molecule has 0 radical (unpaired) electrons. The second-order valence-corrected chi connectivity index (χ2v) is 8.02. The van der Waals surface area contributed by atoms with E-state index in [0.717, 1.165) is 0 Å². The van der Waals surface area contributed by atoms with E-state index in [0.29, 0.717) is 0 Å². The number of aryl methyl sites for hydroxylation is 1. The zero-order valence-electron chi connectivity index (χ0n) is 11.3. The highest BCUT2D eigenvalue weighted by atomic mass is 32.1. The van der Waals surface area contributed by atoms with E-state index in [1.165, 1.54) is 28.1 Å². The molecule has 2 heteroatoms. The smallest absolute Gasteiger partial charge is 0.00489 e. The average molecular weight is 296 g/mol. The van der Waals surface area contributed by atoms with Gasteiger partial charge in [-0.2, -0.15) is 0 Å². The molecule has 100 valence electrons. The zero-order valence-corrected chi connectivity index (χ0v) is 13.0. The fourth-order valence-corrected chi connectivity index (χ4v) is 5.50. The van der Waals surface area contributed by atoms with E-state index in [-0.39, 0.29) is 7.92 Å². The molecule has 0 saturated carbocycles. The second-order valence-electron chi connectivity index (χ2n) is 4.65. The topological polar surface area (TPSA) is 0 Å². The molecule has 0 spiro atoms. The summed E-state index contributed by atoms with van der Waals surface area (Å²) in [7, 11) is -0.249. The molecule has 0 unspecified atom stereocenters. The lowest BCUT2D eigenvalue weighted by molar-refractivity contribution is 1.20. The molecule has 3 rings (SSSR count). The summed E-state index contributed by atoms with van der Waals surface area (Å²) >= 11 is 1.87. The standard InChI is InChI=1S/C18H17PS/c1-3-8-16(9-4-1)19(17-10-5-2-6-11-17)14-13-18-12-7-15-20-18/h1-12,15H,13-14H2. The van der Waals surface area contributed by atoms with E-state index in [9.17, 15) is 0 Å². The van der Waals surface area contributed by atoms with Crippen molar-refractivity contribution in [3.8, 4) is 0 Å². The maximum atomic E-state index is 2.27. The number of hydrogen-bond donors (Lipinski definition) is 0. The molecule has 0 fully saturated rings. The van der Waals surface area contributed by atoms with Crippen molar-refractivity contribution in [2.45, 2.75) is 6.42 Å². The molecule has 3 aromatic rings. The minimum absolute atomic E-state index is 0.249. The fourth-order valence-electron chi connectivity index (χ4n) is 2.30. The van der Waals surface area contributed by atoms with E-state index < -0.39 is 0 Å². The Hall–Kier alpha value is -1.43. The van der Waals surface area contributed by atoms with E-state index in [2.05, 4.69) is 78.2 Å². The van der Waals surface area contributed by atoms with Gasteiger partial charge in [0.2, 0.25) is 0 Å². The molecule has 0 bridgehead atoms. The summed E-state index contributed by atoms with van der Waals surface area (Å²) in [4.78, 5) is 1.49. The van der Waals surface area contributed by atoms with E-state index >= 15 is 0 Å². The van der Waals surface area contributed by atoms with Gasteiger partial charge in [-0.15, -0.1) is 11.3 Å². The highest BCUT2D eigenvalue weighted by Crippen LogP contribution is 2.34. The Morgan fingerprint density at radius 3 is 1.80 bits per heavy atom. The van der Waals surface area contributed by atoms with Crippen molar-refractivity contribution in [1.82, 2.24) is 0 Å². The molecule has 0 aliphatic heterocycles. The Bertz CT molecular complexity index is 578. The number of thiophene rings is 1. The number of rotatable bonds is 5. The van der Waals surface area contributed by atoms with Gasteiger partial charge in [0.05, 0.1) is 0 Å². The third kappa shape index (κ3) is 3.36. The predicted octanol–water partition coefficient (Wildman–Crippen LogP) is 4.42. The van der Waals surface area contributed by atoms with Gasteiger partial charge in [-0.3, -0.25) is 0 Å². The van der Waals surface area contributed by atoms with Crippen LogP contribution in [0.3, 0.4) is 0 Å². The summed E-state index contributed by atoms with van der Waals surface area (Å²) in [6.07, 6.45) is 2.40. The Morgan fingerprint density at radius 1 is 0.700 bits per heavy atom. The molecule has 1 heterocycles. The van der Waals surface area contributed by atoms with Gasteiger partial charge >= 0.3 is 0 Å². The molecular formula is C18H17PS. The van der Waals surface area contributed by atoms with Gasteiger partial charge in [0, 0.05) is 4.88 Å². The molecule has 0 atom stereocenters. The third-order valence-corrected chi connectivity index (χ3v) is 6.75. The van der Waals surface area contributed by atoms with Gasteiger partial charge in [-0.1, -0.05) is 66.7 Å². The Labute approximate surface area is 125 Å². The summed E-state index contributed by atoms with van der Waals surface area (Å²) in [6.45, 7) is 0. The fraction of sp³-hybridized carbons (Fsp3) is 0.111. The van der Waals surface area contributed by atoms with Crippen LogP contribution in [0.15, 0.2) is 78.2 Å². The first-order chi connectivity index (χ1) is 9.93. The highest BCUT2D eigenvalue weighted by molar-refractivity contribution is 7.73. The maximum absolute atomic E-state index is 2.27. The summed E-state index contributed by atoms with van der Waals surface area (Å²) in [5.41, 5.74) is 0. The van der Waals surface area contributed by atoms with Crippen LogP contribution in [0.2, 0.25) is 0 Å². The third-order valence-electron chi connectivity index (χ3n) is 3.30. The van der Waals surface area contributed by atoms with Gasteiger partial charge in [0.1, 0.15) is 0 Å². The maximum Gasteiger partial charge on any atom is 0.00489 e. The molecule has 1 aromatic heterocycles. The minimum Gasteiger partial charge on any atom is -0.149 e. The molecule has 0 aliphatic carbocycles. The number of hydrogen-bond acceptors (Lipinski definition) is 1. The highest BCUT2D eigenvalue weighted by Gasteiger charge is 2.13. The molecule has 2 aromatic carbocycles. The predicted molar refractivity (Wildman–Crippen MR) is 92.0 cm³/mol. The van der Waals surface area contributed by atoms with Crippen molar-refractivity contribution >= 4 is 29.9 Å². The van der Waals surface area contributed by atoms with Gasteiger partial charge < -0.3 is 0 Å². The van der Waals surface area contributed by atoms with Crippen molar-refractivity contribution in [3.63, 3.8) is 0 Å². The molecule has 20 heavy (non-hydrogen) atoms. The van der Waals surface area contributed by atoms with E-state index in [1.807, 2.05) is 11.3 Å². The van der Waals surface area contributed by atoms with Crippen LogP contribution < -0.4 is 10.6 Å². The van der Waals surface area contributed by atoms with E-state index in [1.54, 1.807) is 0 Å². The van der Waals surface area contributed by atoms with Crippen molar-refractivity contribution in [2.75, 3.05) is 6.16 Å². The van der Waals surface area contributed by atoms with Gasteiger partial charge in [-0.05, 0) is 42.6 Å². The lowest BCUT2D eigenvalue weighted by atomic mass is 10.4. The van der Waals surface area contributed by atoms with Crippen LogP contribution in [0.5, 0.6) is 0 Å². The molecule has 0 N–H and O–H groups in total. The minimum atomic E-state index is -0.249. The van der Waals surface area contributed by atoms with Gasteiger partial charge in [0.25, 0.3) is 0 Å². The van der Waals surface area contributed by atoms with Crippen LogP contribution in [0.4, 0.5) is 0 Å². The Balaban J connectivity index is 1.84. The molecular weight excluding hydrogens is 279 g/mol. The first-order valence-electron chi connectivity index (χ1n) is 6.83. The first kappa shape index (κ1) is 13.5. The number of benzene rings is 2. The van der Waals surface area contributed by atoms with Crippen molar-refractivity contribution in [2.24, 2.45) is 0 Å². The molecule has 0 amide bonds.